The van der Waals surface area contributed by atoms with Gasteiger partial charge in [-0.1, -0.05) is 49.8 Å². The number of amides is 1. The van der Waals surface area contributed by atoms with Crippen molar-refractivity contribution in [2.75, 3.05) is 6.54 Å². The van der Waals surface area contributed by atoms with Crippen LogP contribution in [-0.2, 0) is 17.8 Å². The van der Waals surface area contributed by atoms with Crippen molar-refractivity contribution in [2.45, 2.75) is 46.1 Å². The Hall–Kier alpha value is -3.22. The van der Waals surface area contributed by atoms with Crippen molar-refractivity contribution >= 4 is 11.7 Å². The number of hydrogen-bond donors (Lipinski definition) is 1. The Kier molecular flexibility index (Phi) is 6.59. The monoisotopic (exact) mass is 393 g/mol. The molecule has 7 nitrogen and oxygen atoms in total. The van der Waals surface area contributed by atoms with Gasteiger partial charge in [-0.15, -0.1) is 11.7 Å². The van der Waals surface area contributed by atoms with Crippen LogP contribution in [0.15, 0.2) is 47.8 Å². The summed E-state index contributed by atoms with van der Waals surface area (Å²) in [5.41, 5.74) is 1.98. The molecule has 0 aliphatic heterocycles. The molecule has 2 heterocycles. The lowest BCUT2D eigenvalue weighted by Crippen LogP contribution is -2.29. The molecule has 0 atom stereocenters. The Labute approximate surface area is 170 Å². The van der Waals surface area contributed by atoms with Crippen LogP contribution < -0.4 is 10.9 Å². The fourth-order valence-corrected chi connectivity index (χ4v) is 3.29. The smallest absolute Gasteiger partial charge is 0.279 e. The van der Waals surface area contributed by atoms with Gasteiger partial charge in [-0.05, 0) is 19.8 Å². The Morgan fingerprint density at radius 2 is 2.03 bits per heavy atom. The predicted octanol–water partition coefficient (Wildman–Crippen LogP) is 2.90. The summed E-state index contributed by atoms with van der Waals surface area (Å²) in [6.45, 7) is 8.94. The molecule has 0 bridgehead atoms. The average molecular weight is 393 g/mol. The molecule has 0 radical (unpaired) electrons. The van der Waals surface area contributed by atoms with Crippen molar-refractivity contribution in [1.29, 1.82) is 0 Å². The second-order valence-electron chi connectivity index (χ2n) is 6.99. The van der Waals surface area contributed by atoms with Gasteiger partial charge in [0.25, 0.3) is 5.56 Å². The number of unbranched alkanes of at least 4 members (excludes halogenated alkanes) is 1. The van der Waals surface area contributed by atoms with E-state index in [1.165, 1.54) is 4.52 Å². The molecule has 1 amide bonds. The van der Waals surface area contributed by atoms with Gasteiger partial charge in [0.1, 0.15) is 0 Å². The highest BCUT2D eigenvalue weighted by atomic mass is 16.1. The number of hydrogen-bond acceptors (Lipinski definition) is 4. The minimum Gasteiger partial charge on any atom is -0.356 e. The number of aromatic nitrogens is 4. The molecule has 7 heteroatoms. The van der Waals surface area contributed by atoms with E-state index < -0.39 is 0 Å². The Morgan fingerprint density at radius 3 is 2.72 bits per heavy atom. The molecule has 29 heavy (non-hydrogen) atoms. The summed E-state index contributed by atoms with van der Waals surface area (Å²) >= 11 is 0. The summed E-state index contributed by atoms with van der Waals surface area (Å²) in [6, 6.07) is 9.55. The van der Waals surface area contributed by atoms with Crippen molar-refractivity contribution in [3.8, 4) is 11.4 Å². The van der Waals surface area contributed by atoms with Gasteiger partial charge in [0.2, 0.25) is 11.7 Å². The lowest BCUT2D eigenvalue weighted by molar-refractivity contribution is -0.121. The van der Waals surface area contributed by atoms with Gasteiger partial charge in [0, 0.05) is 36.3 Å². The van der Waals surface area contributed by atoms with Gasteiger partial charge >= 0.3 is 0 Å². The van der Waals surface area contributed by atoms with Crippen LogP contribution in [0.2, 0.25) is 0 Å². The van der Waals surface area contributed by atoms with Gasteiger partial charge in [-0.25, -0.2) is 0 Å². The molecule has 0 saturated carbocycles. The number of allylic oxidation sites excluding steroid dienone is 1. The first-order chi connectivity index (χ1) is 14.1. The van der Waals surface area contributed by atoms with Crippen LogP contribution in [0.4, 0.5) is 0 Å². The van der Waals surface area contributed by atoms with E-state index in [-0.39, 0.29) is 17.9 Å². The van der Waals surface area contributed by atoms with E-state index in [0.29, 0.717) is 36.7 Å². The molecule has 3 aromatic rings. The van der Waals surface area contributed by atoms with E-state index in [1.54, 1.807) is 6.08 Å². The maximum absolute atomic E-state index is 13.1. The normalized spacial score (nSPS) is 11.0. The Morgan fingerprint density at radius 1 is 1.28 bits per heavy atom. The number of benzene rings is 1. The molecule has 0 saturated heterocycles. The topological polar surface area (TPSA) is 81.3 Å². The second-order valence-corrected chi connectivity index (χ2v) is 6.99. The standard InChI is InChI=1S/C22H27N5O2/c1-4-6-14-23-19(28)13-12-18-16(3)26(15-5-2)22-24-20(25-27(22)21(18)29)17-10-8-7-9-11-17/h5,7-11H,2,4,6,12-15H2,1,3H3,(H,23,28). The quantitative estimate of drug-likeness (QED) is 0.448. The van der Waals surface area contributed by atoms with Crippen LogP contribution in [-0.4, -0.2) is 31.6 Å². The van der Waals surface area contributed by atoms with Crippen LogP contribution in [0.5, 0.6) is 0 Å². The molecule has 3 rings (SSSR count). The van der Waals surface area contributed by atoms with Gasteiger partial charge in [-0.2, -0.15) is 9.50 Å². The van der Waals surface area contributed by atoms with Crippen molar-refractivity contribution in [1.82, 2.24) is 24.5 Å². The third-order valence-electron chi connectivity index (χ3n) is 4.92. The van der Waals surface area contributed by atoms with E-state index in [1.807, 2.05) is 41.8 Å². The highest BCUT2D eigenvalue weighted by Gasteiger charge is 2.18. The largest absolute Gasteiger partial charge is 0.356 e. The first kappa shape index (κ1) is 20.5. The van der Waals surface area contributed by atoms with Gasteiger partial charge in [0.15, 0.2) is 5.82 Å². The van der Waals surface area contributed by atoms with Crippen molar-refractivity contribution in [2.24, 2.45) is 0 Å². The Balaban J connectivity index is 1.99. The first-order valence-electron chi connectivity index (χ1n) is 9.98. The van der Waals surface area contributed by atoms with Crippen LogP contribution in [0.3, 0.4) is 0 Å². The SMILES string of the molecule is C=CCn1c(C)c(CCC(=O)NCCCC)c(=O)n2nc(-c3ccccc3)nc12. The van der Waals surface area contributed by atoms with E-state index in [2.05, 4.69) is 28.9 Å². The summed E-state index contributed by atoms with van der Waals surface area (Å²) in [6.07, 6.45) is 4.36. The summed E-state index contributed by atoms with van der Waals surface area (Å²) in [5.74, 6) is 0.924. The van der Waals surface area contributed by atoms with Crippen LogP contribution in [0.25, 0.3) is 17.2 Å². The van der Waals surface area contributed by atoms with Crippen LogP contribution in [0, 0.1) is 6.92 Å². The van der Waals surface area contributed by atoms with Crippen molar-refractivity contribution in [3.05, 3.63) is 64.6 Å². The summed E-state index contributed by atoms with van der Waals surface area (Å²) in [5, 5.41) is 7.35. The second kappa shape index (κ2) is 9.32. The fraction of sp³-hybridized carbons (Fsp3) is 0.364. The number of carbonyl (C=O) groups excluding carboxylic acids is 1. The molecule has 1 aromatic carbocycles. The zero-order valence-electron chi connectivity index (χ0n) is 17.0. The highest BCUT2D eigenvalue weighted by molar-refractivity contribution is 5.76. The summed E-state index contributed by atoms with van der Waals surface area (Å²) in [7, 11) is 0. The molecule has 152 valence electrons. The molecular formula is C22H27N5O2. The first-order valence-corrected chi connectivity index (χ1v) is 9.98. The number of nitrogens with one attached hydrogen (secondary N) is 1. The molecule has 0 unspecified atom stereocenters. The Bertz CT molecular complexity index is 1070. The lowest BCUT2D eigenvalue weighted by atomic mass is 10.1. The molecule has 0 aliphatic carbocycles. The van der Waals surface area contributed by atoms with E-state index in [4.69, 9.17) is 0 Å². The zero-order chi connectivity index (χ0) is 20.8. The van der Waals surface area contributed by atoms with Crippen molar-refractivity contribution < 1.29 is 4.79 Å². The molecule has 0 spiro atoms. The molecular weight excluding hydrogens is 366 g/mol. The number of fused-ring (bicyclic) bond motifs is 1. The highest BCUT2D eigenvalue weighted by Crippen LogP contribution is 2.17. The number of nitrogens with zero attached hydrogens (tertiary/aromatic N) is 4. The van der Waals surface area contributed by atoms with Crippen molar-refractivity contribution in [3.63, 3.8) is 0 Å². The van der Waals surface area contributed by atoms with E-state index >= 15 is 0 Å². The number of carbonyl (C=O) groups is 1. The minimum atomic E-state index is -0.228. The molecule has 0 aliphatic rings. The van der Waals surface area contributed by atoms with Gasteiger partial charge < -0.3 is 9.88 Å². The van der Waals surface area contributed by atoms with Gasteiger partial charge in [0.05, 0.1) is 0 Å². The average Bonchev–Trinajstić information content (AvgIpc) is 3.17. The molecule has 1 N–H and O–H groups in total. The summed E-state index contributed by atoms with van der Waals surface area (Å²) < 4.78 is 3.25. The summed E-state index contributed by atoms with van der Waals surface area (Å²) in [4.78, 5) is 29.8. The lowest BCUT2D eigenvalue weighted by Gasteiger charge is -2.14. The third kappa shape index (κ3) is 4.45. The minimum absolute atomic E-state index is 0.0452. The number of rotatable bonds is 9. The fourth-order valence-electron chi connectivity index (χ4n) is 3.29. The van der Waals surface area contributed by atoms with E-state index in [9.17, 15) is 9.59 Å². The van der Waals surface area contributed by atoms with Crippen LogP contribution >= 0.6 is 0 Å². The predicted molar refractivity (Wildman–Crippen MR) is 114 cm³/mol. The van der Waals surface area contributed by atoms with E-state index in [0.717, 1.165) is 24.1 Å². The molecule has 2 aromatic heterocycles. The van der Waals surface area contributed by atoms with Crippen LogP contribution in [0.1, 0.15) is 37.4 Å². The zero-order valence-corrected chi connectivity index (χ0v) is 17.0. The maximum atomic E-state index is 13.1. The maximum Gasteiger partial charge on any atom is 0.279 e. The van der Waals surface area contributed by atoms with Gasteiger partial charge in [-0.3, -0.25) is 9.59 Å². The third-order valence-corrected chi connectivity index (χ3v) is 4.92. The molecule has 0 fully saturated rings.